The van der Waals surface area contributed by atoms with Gasteiger partial charge in [-0.25, -0.2) is 13.8 Å². The lowest BCUT2D eigenvalue weighted by Crippen LogP contribution is -1.88. The van der Waals surface area contributed by atoms with Crippen LogP contribution < -0.4 is 0 Å². The highest BCUT2D eigenvalue weighted by Crippen LogP contribution is 2.25. The van der Waals surface area contributed by atoms with Crippen molar-refractivity contribution in [1.82, 2.24) is 13.7 Å². The molecular weight excluding hydrogens is 244 g/mol. The molecule has 2 heterocycles. The van der Waals surface area contributed by atoms with Crippen LogP contribution in [0.3, 0.4) is 0 Å². The van der Waals surface area contributed by atoms with E-state index in [1.165, 1.54) is 6.20 Å². The molecule has 3 rings (SSSR count). The van der Waals surface area contributed by atoms with Crippen LogP contribution in [0.4, 0.5) is 8.78 Å². The molecule has 0 amide bonds. The van der Waals surface area contributed by atoms with Gasteiger partial charge in [0.2, 0.25) is 0 Å². The van der Waals surface area contributed by atoms with Crippen LogP contribution in [0.25, 0.3) is 22.3 Å². The quantitative estimate of drug-likeness (QED) is 0.665. The van der Waals surface area contributed by atoms with Crippen LogP contribution in [-0.2, 0) is 0 Å². The van der Waals surface area contributed by atoms with E-state index in [2.05, 4.69) is 13.7 Å². The van der Waals surface area contributed by atoms with E-state index in [-0.39, 0.29) is 5.56 Å². The summed E-state index contributed by atoms with van der Waals surface area (Å²) < 4.78 is 34.6. The van der Waals surface area contributed by atoms with E-state index in [0.717, 1.165) is 29.9 Å². The molecule has 0 unspecified atom stereocenters. The summed E-state index contributed by atoms with van der Waals surface area (Å²) >= 11 is 1.03. The number of benzene rings is 1. The molecular formula is C11H5F2N3S. The Labute approximate surface area is 99.1 Å². The zero-order valence-corrected chi connectivity index (χ0v) is 9.21. The molecule has 84 valence electrons. The van der Waals surface area contributed by atoms with Crippen LogP contribution in [-0.4, -0.2) is 13.7 Å². The van der Waals surface area contributed by atoms with Crippen LogP contribution in [0.1, 0.15) is 0 Å². The summed E-state index contributed by atoms with van der Waals surface area (Å²) in [7, 11) is 0. The van der Waals surface area contributed by atoms with Gasteiger partial charge in [-0.05, 0) is 24.3 Å². The van der Waals surface area contributed by atoms with E-state index in [4.69, 9.17) is 0 Å². The van der Waals surface area contributed by atoms with E-state index in [1.54, 1.807) is 6.07 Å². The second-order valence-electron chi connectivity index (χ2n) is 3.46. The standard InChI is InChI=1S/C11H5F2N3S/c12-7-1-2-9(13)8(4-7)6-3-10-11(14-5-6)16-17-15-10/h1-5H. The van der Waals surface area contributed by atoms with Crippen molar-refractivity contribution in [2.24, 2.45) is 0 Å². The molecule has 6 heteroatoms. The van der Waals surface area contributed by atoms with Crippen molar-refractivity contribution in [3.8, 4) is 11.1 Å². The van der Waals surface area contributed by atoms with Crippen LogP contribution in [0, 0.1) is 11.6 Å². The molecule has 0 bridgehead atoms. The Hall–Kier alpha value is -1.95. The summed E-state index contributed by atoms with van der Waals surface area (Å²) in [4.78, 5) is 4.04. The number of pyridine rings is 1. The molecule has 17 heavy (non-hydrogen) atoms. The predicted molar refractivity (Wildman–Crippen MR) is 60.6 cm³/mol. The van der Waals surface area contributed by atoms with Gasteiger partial charge in [0.15, 0.2) is 5.65 Å². The molecule has 0 saturated carbocycles. The minimum Gasteiger partial charge on any atom is -0.234 e. The molecule has 0 fully saturated rings. The van der Waals surface area contributed by atoms with Crippen molar-refractivity contribution in [3.05, 3.63) is 42.1 Å². The van der Waals surface area contributed by atoms with Crippen molar-refractivity contribution >= 4 is 22.9 Å². The van der Waals surface area contributed by atoms with E-state index >= 15 is 0 Å². The molecule has 0 saturated heterocycles. The highest BCUT2D eigenvalue weighted by Gasteiger charge is 2.09. The molecule has 3 aromatic rings. The van der Waals surface area contributed by atoms with Gasteiger partial charge >= 0.3 is 0 Å². The Morgan fingerprint density at radius 3 is 2.82 bits per heavy atom. The van der Waals surface area contributed by atoms with Gasteiger partial charge < -0.3 is 0 Å². The maximum absolute atomic E-state index is 13.6. The average Bonchev–Trinajstić information content (AvgIpc) is 2.79. The smallest absolute Gasteiger partial charge is 0.193 e. The molecule has 0 aliphatic carbocycles. The number of aromatic nitrogens is 3. The lowest BCUT2D eigenvalue weighted by Gasteiger charge is -2.02. The van der Waals surface area contributed by atoms with E-state index < -0.39 is 11.6 Å². The van der Waals surface area contributed by atoms with Crippen molar-refractivity contribution in [2.75, 3.05) is 0 Å². The van der Waals surface area contributed by atoms with Gasteiger partial charge in [-0.3, -0.25) is 0 Å². The van der Waals surface area contributed by atoms with Gasteiger partial charge in [-0.15, -0.1) is 0 Å². The number of hydrogen-bond acceptors (Lipinski definition) is 4. The summed E-state index contributed by atoms with van der Waals surface area (Å²) in [5, 5.41) is 0. The van der Waals surface area contributed by atoms with E-state index in [0.29, 0.717) is 16.7 Å². The molecule has 0 aliphatic rings. The molecule has 1 aromatic carbocycles. The third-order valence-corrected chi connectivity index (χ3v) is 2.89. The molecule has 0 spiro atoms. The Bertz CT molecular complexity index is 696. The first kappa shape index (κ1) is 10.2. The van der Waals surface area contributed by atoms with E-state index in [9.17, 15) is 8.78 Å². The number of rotatable bonds is 1. The first-order chi connectivity index (χ1) is 8.24. The zero-order chi connectivity index (χ0) is 11.8. The van der Waals surface area contributed by atoms with Crippen LogP contribution >= 0.6 is 11.7 Å². The Morgan fingerprint density at radius 1 is 1.06 bits per heavy atom. The van der Waals surface area contributed by atoms with Gasteiger partial charge in [-0.2, -0.15) is 8.75 Å². The molecule has 0 N–H and O–H groups in total. The summed E-state index contributed by atoms with van der Waals surface area (Å²) in [6.07, 6.45) is 1.46. The van der Waals surface area contributed by atoms with Crippen molar-refractivity contribution in [1.29, 1.82) is 0 Å². The third-order valence-electron chi connectivity index (χ3n) is 2.35. The normalized spacial score (nSPS) is 10.9. The zero-order valence-electron chi connectivity index (χ0n) is 8.39. The second kappa shape index (κ2) is 3.81. The Kier molecular flexibility index (Phi) is 2.29. The van der Waals surface area contributed by atoms with Gasteiger partial charge in [0, 0.05) is 17.3 Å². The molecule has 2 aromatic heterocycles. The van der Waals surface area contributed by atoms with E-state index in [1.807, 2.05) is 0 Å². The lowest BCUT2D eigenvalue weighted by molar-refractivity contribution is 0.603. The predicted octanol–water partition coefficient (Wildman–Crippen LogP) is 3.03. The minimum atomic E-state index is -0.490. The van der Waals surface area contributed by atoms with Gasteiger partial charge in [0.25, 0.3) is 0 Å². The SMILES string of the molecule is Fc1ccc(F)c(-c2cnc3nsnc3c2)c1. The minimum absolute atomic E-state index is 0.174. The number of halogens is 2. The largest absolute Gasteiger partial charge is 0.234 e. The van der Waals surface area contributed by atoms with Crippen LogP contribution in [0.2, 0.25) is 0 Å². The van der Waals surface area contributed by atoms with Crippen LogP contribution in [0.15, 0.2) is 30.5 Å². The third kappa shape index (κ3) is 1.76. The summed E-state index contributed by atoms with van der Waals surface area (Å²) in [6, 6.07) is 4.95. The fraction of sp³-hybridized carbons (Fsp3) is 0. The maximum Gasteiger partial charge on any atom is 0.193 e. The highest BCUT2D eigenvalue weighted by molar-refractivity contribution is 7.00. The fourth-order valence-electron chi connectivity index (χ4n) is 1.55. The number of hydrogen-bond donors (Lipinski definition) is 0. The first-order valence-electron chi connectivity index (χ1n) is 4.78. The summed E-state index contributed by atoms with van der Waals surface area (Å²) in [5.74, 6) is -0.978. The van der Waals surface area contributed by atoms with Gasteiger partial charge in [0.1, 0.15) is 17.2 Å². The molecule has 0 aliphatic heterocycles. The van der Waals surface area contributed by atoms with Crippen molar-refractivity contribution in [3.63, 3.8) is 0 Å². The highest BCUT2D eigenvalue weighted by atomic mass is 32.1. The van der Waals surface area contributed by atoms with Gasteiger partial charge in [0.05, 0.1) is 11.7 Å². The lowest BCUT2D eigenvalue weighted by atomic mass is 10.1. The molecule has 0 atom stereocenters. The Balaban J connectivity index is 2.22. The number of fused-ring (bicyclic) bond motifs is 1. The van der Waals surface area contributed by atoms with Gasteiger partial charge in [-0.1, -0.05) is 0 Å². The maximum atomic E-state index is 13.6. The fourth-order valence-corrected chi connectivity index (χ4v) is 2.03. The van der Waals surface area contributed by atoms with Crippen molar-refractivity contribution < 1.29 is 8.78 Å². The average molecular weight is 249 g/mol. The first-order valence-corrected chi connectivity index (χ1v) is 5.51. The molecule has 0 radical (unpaired) electrons. The van der Waals surface area contributed by atoms with Crippen molar-refractivity contribution in [2.45, 2.75) is 0 Å². The Morgan fingerprint density at radius 2 is 1.94 bits per heavy atom. The molecule has 3 nitrogen and oxygen atoms in total. The van der Waals surface area contributed by atoms with Crippen LogP contribution in [0.5, 0.6) is 0 Å². The summed E-state index contributed by atoms with van der Waals surface area (Å²) in [5.41, 5.74) is 1.75. The number of nitrogens with zero attached hydrogens (tertiary/aromatic N) is 3. The summed E-state index contributed by atoms with van der Waals surface area (Å²) in [6.45, 7) is 0. The topological polar surface area (TPSA) is 38.7 Å². The monoisotopic (exact) mass is 249 g/mol. The second-order valence-corrected chi connectivity index (χ2v) is 3.98.